The number of para-hydroxylation sites is 1. The molecule has 0 radical (unpaired) electrons. The lowest BCUT2D eigenvalue weighted by molar-refractivity contribution is -0.121. The maximum Gasteiger partial charge on any atom is 0.262 e. The summed E-state index contributed by atoms with van der Waals surface area (Å²) in [7, 11) is 0. The van der Waals surface area contributed by atoms with Crippen molar-refractivity contribution in [3.05, 3.63) is 57.0 Å². The molecule has 1 unspecified atom stereocenters. The number of benzene rings is 2. The summed E-state index contributed by atoms with van der Waals surface area (Å²) in [5, 5.41) is 16.8. The number of phenolic OH excluding ortho intramolecular Hbond substituents is 1. The fourth-order valence-corrected chi connectivity index (χ4v) is 3.22. The molecule has 2 aromatic carbocycles. The number of amides is 1. The summed E-state index contributed by atoms with van der Waals surface area (Å²) < 4.78 is 1.09. The molecule has 5 nitrogen and oxygen atoms in total. The third-order valence-electron chi connectivity index (χ3n) is 3.27. The standard InChI is InChI=1S/C17H17Br2N3O2/c1-2-15(21-12-6-4-3-5-7-12)17(24)22-20-10-11-8-13(18)16(23)14(19)9-11/h3-10,15,21,23H,2H2,1H3,(H,22,24)/b20-10+. The van der Waals surface area contributed by atoms with Crippen molar-refractivity contribution in [3.63, 3.8) is 0 Å². The van der Waals surface area contributed by atoms with E-state index < -0.39 is 0 Å². The quantitative estimate of drug-likeness (QED) is 0.451. The molecule has 0 saturated carbocycles. The van der Waals surface area contributed by atoms with Crippen LogP contribution in [0.1, 0.15) is 18.9 Å². The van der Waals surface area contributed by atoms with Crippen LogP contribution < -0.4 is 10.7 Å². The van der Waals surface area contributed by atoms with Crippen LogP contribution in [0.25, 0.3) is 0 Å². The molecule has 24 heavy (non-hydrogen) atoms. The Bertz CT molecular complexity index is 713. The van der Waals surface area contributed by atoms with Gasteiger partial charge < -0.3 is 10.4 Å². The van der Waals surface area contributed by atoms with E-state index in [1.54, 1.807) is 12.1 Å². The van der Waals surface area contributed by atoms with Crippen LogP contribution in [0, 0.1) is 0 Å². The van der Waals surface area contributed by atoms with Crippen LogP contribution in [0.5, 0.6) is 5.75 Å². The molecule has 2 aromatic rings. The van der Waals surface area contributed by atoms with Crippen LogP contribution >= 0.6 is 31.9 Å². The number of hydrogen-bond donors (Lipinski definition) is 3. The third kappa shape index (κ3) is 5.07. The van der Waals surface area contributed by atoms with Gasteiger partial charge in [0.25, 0.3) is 5.91 Å². The van der Waals surface area contributed by atoms with E-state index in [0.29, 0.717) is 15.4 Å². The predicted molar refractivity (Wildman–Crippen MR) is 103 cm³/mol. The Balaban J connectivity index is 1.98. The number of nitrogens with zero attached hydrogens (tertiary/aromatic N) is 1. The highest BCUT2D eigenvalue weighted by molar-refractivity contribution is 9.11. The van der Waals surface area contributed by atoms with E-state index in [0.717, 1.165) is 11.3 Å². The van der Waals surface area contributed by atoms with Gasteiger partial charge in [-0.1, -0.05) is 25.1 Å². The van der Waals surface area contributed by atoms with Crippen molar-refractivity contribution in [3.8, 4) is 5.75 Å². The number of rotatable bonds is 6. The van der Waals surface area contributed by atoms with E-state index in [-0.39, 0.29) is 17.7 Å². The highest BCUT2D eigenvalue weighted by atomic mass is 79.9. The van der Waals surface area contributed by atoms with Crippen molar-refractivity contribution in [2.24, 2.45) is 5.10 Å². The molecule has 0 aliphatic rings. The van der Waals surface area contributed by atoms with Crippen LogP contribution in [0.4, 0.5) is 5.69 Å². The summed E-state index contributed by atoms with van der Waals surface area (Å²) in [4.78, 5) is 12.2. The molecule has 1 amide bonds. The zero-order chi connectivity index (χ0) is 17.5. The van der Waals surface area contributed by atoms with Gasteiger partial charge in [-0.25, -0.2) is 5.43 Å². The first-order chi connectivity index (χ1) is 11.5. The molecule has 0 bridgehead atoms. The van der Waals surface area contributed by atoms with E-state index in [9.17, 15) is 9.90 Å². The Morgan fingerprint density at radius 2 is 1.88 bits per heavy atom. The number of anilines is 1. The van der Waals surface area contributed by atoms with Crippen LogP contribution in [0.3, 0.4) is 0 Å². The molecule has 0 spiro atoms. The van der Waals surface area contributed by atoms with Gasteiger partial charge in [0, 0.05) is 5.69 Å². The molecule has 3 N–H and O–H groups in total. The summed E-state index contributed by atoms with van der Waals surface area (Å²) in [6.07, 6.45) is 2.15. The second kappa shape index (κ2) is 8.84. The van der Waals surface area contributed by atoms with E-state index in [2.05, 4.69) is 47.7 Å². The molecule has 0 aliphatic heterocycles. The maximum atomic E-state index is 12.2. The monoisotopic (exact) mass is 453 g/mol. The van der Waals surface area contributed by atoms with E-state index >= 15 is 0 Å². The Kier molecular flexibility index (Phi) is 6.81. The highest BCUT2D eigenvalue weighted by Gasteiger charge is 2.15. The SMILES string of the molecule is CCC(Nc1ccccc1)C(=O)N/N=C/c1cc(Br)c(O)c(Br)c1. The van der Waals surface area contributed by atoms with Gasteiger partial charge in [-0.3, -0.25) is 4.79 Å². The molecular weight excluding hydrogens is 438 g/mol. The largest absolute Gasteiger partial charge is 0.506 e. The minimum Gasteiger partial charge on any atom is -0.506 e. The first kappa shape index (κ1) is 18.5. The number of hydrogen-bond acceptors (Lipinski definition) is 4. The summed E-state index contributed by atoms with van der Waals surface area (Å²) >= 11 is 6.50. The zero-order valence-corrected chi connectivity index (χ0v) is 16.1. The molecular formula is C17H17Br2N3O2. The van der Waals surface area contributed by atoms with Crippen LogP contribution in [0.15, 0.2) is 56.5 Å². The number of phenols is 1. The fourth-order valence-electron chi connectivity index (χ4n) is 2.00. The lowest BCUT2D eigenvalue weighted by atomic mass is 10.2. The van der Waals surface area contributed by atoms with Gasteiger partial charge in [-0.05, 0) is 68.1 Å². The van der Waals surface area contributed by atoms with Crippen molar-refractivity contribution in [1.29, 1.82) is 0 Å². The van der Waals surface area contributed by atoms with E-state index in [1.807, 2.05) is 37.3 Å². The normalized spacial score (nSPS) is 12.1. The minimum absolute atomic E-state index is 0.120. The summed E-state index contributed by atoms with van der Waals surface area (Å²) in [6.45, 7) is 1.93. The molecule has 0 saturated heterocycles. The molecule has 1 atom stereocenters. The predicted octanol–water partition coefficient (Wildman–Crippen LogP) is 4.26. The van der Waals surface area contributed by atoms with Crippen molar-refractivity contribution in [2.45, 2.75) is 19.4 Å². The number of nitrogens with one attached hydrogen (secondary N) is 2. The van der Waals surface area contributed by atoms with Gasteiger partial charge in [0.05, 0.1) is 15.2 Å². The average molecular weight is 455 g/mol. The number of carbonyl (C=O) groups excluding carboxylic acids is 1. The van der Waals surface area contributed by atoms with Crippen molar-refractivity contribution < 1.29 is 9.90 Å². The second-order valence-electron chi connectivity index (χ2n) is 5.04. The topological polar surface area (TPSA) is 73.7 Å². The molecule has 0 aliphatic carbocycles. The third-order valence-corrected chi connectivity index (χ3v) is 4.48. The van der Waals surface area contributed by atoms with Crippen LogP contribution in [0.2, 0.25) is 0 Å². The zero-order valence-electron chi connectivity index (χ0n) is 13.0. The van der Waals surface area contributed by atoms with Gasteiger partial charge in [-0.2, -0.15) is 5.10 Å². The molecule has 126 valence electrons. The first-order valence-corrected chi connectivity index (χ1v) is 8.92. The number of carbonyl (C=O) groups is 1. The highest BCUT2D eigenvalue weighted by Crippen LogP contribution is 2.32. The molecule has 0 heterocycles. The van der Waals surface area contributed by atoms with E-state index in [4.69, 9.17) is 0 Å². The van der Waals surface area contributed by atoms with Gasteiger partial charge in [0.2, 0.25) is 0 Å². The molecule has 2 rings (SSSR count). The van der Waals surface area contributed by atoms with Gasteiger partial charge in [0.15, 0.2) is 0 Å². The average Bonchev–Trinajstić information content (AvgIpc) is 2.58. The van der Waals surface area contributed by atoms with Crippen molar-refractivity contribution in [2.75, 3.05) is 5.32 Å². The lowest BCUT2D eigenvalue weighted by Crippen LogP contribution is -2.36. The second-order valence-corrected chi connectivity index (χ2v) is 6.75. The Morgan fingerprint density at radius 1 is 1.25 bits per heavy atom. The number of aromatic hydroxyl groups is 1. The molecule has 0 aromatic heterocycles. The lowest BCUT2D eigenvalue weighted by Gasteiger charge is -2.16. The Hall–Kier alpha value is -1.86. The van der Waals surface area contributed by atoms with Crippen molar-refractivity contribution in [1.82, 2.24) is 5.43 Å². The number of hydrazone groups is 1. The summed E-state index contributed by atoms with van der Waals surface area (Å²) in [5.74, 6) is -0.0937. The minimum atomic E-state index is -0.372. The Morgan fingerprint density at radius 3 is 2.46 bits per heavy atom. The fraction of sp³-hybridized carbons (Fsp3) is 0.176. The molecule has 0 fully saturated rings. The summed E-state index contributed by atoms with van der Waals surface area (Å²) in [6, 6.07) is 12.6. The van der Waals surface area contributed by atoms with Crippen molar-refractivity contribution >= 4 is 49.7 Å². The summed E-state index contributed by atoms with van der Waals surface area (Å²) in [5.41, 5.74) is 4.15. The van der Waals surface area contributed by atoms with Gasteiger partial charge in [0.1, 0.15) is 11.8 Å². The van der Waals surface area contributed by atoms with Gasteiger partial charge in [-0.15, -0.1) is 0 Å². The van der Waals surface area contributed by atoms with Gasteiger partial charge >= 0.3 is 0 Å². The van der Waals surface area contributed by atoms with E-state index in [1.165, 1.54) is 6.21 Å². The Labute approximate surface area is 157 Å². The number of halogens is 2. The van der Waals surface area contributed by atoms with Crippen LogP contribution in [-0.4, -0.2) is 23.3 Å². The maximum absolute atomic E-state index is 12.2. The van der Waals surface area contributed by atoms with Crippen LogP contribution in [-0.2, 0) is 4.79 Å². The molecule has 7 heteroatoms. The smallest absolute Gasteiger partial charge is 0.262 e. The first-order valence-electron chi connectivity index (χ1n) is 7.33.